The molecule has 0 saturated carbocycles. The number of nitrogens with one attached hydrogen (secondary N) is 3. The zero-order valence-corrected chi connectivity index (χ0v) is 19.4. The first-order chi connectivity index (χ1) is 15.8. The summed E-state index contributed by atoms with van der Waals surface area (Å²) in [4.78, 5) is 27.2. The van der Waals surface area contributed by atoms with Crippen LogP contribution in [0.5, 0.6) is 5.75 Å². The maximum atomic E-state index is 13.4. The second kappa shape index (κ2) is 11.1. The van der Waals surface area contributed by atoms with Gasteiger partial charge in [-0.2, -0.15) is 0 Å². The number of benzene rings is 2. The molecule has 33 heavy (non-hydrogen) atoms. The molecular weight excluding hydrogens is 427 g/mol. The molecule has 1 heterocycles. The molecule has 1 aliphatic heterocycles. The minimum Gasteiger partial charge on any atom is -0.491 e. The summed E-state index contributed by atoms with van der Waals surface area (Å²) in [7, 11) is 3.36. The van der Waals surface area contributed by atoms with Crippen molar-refractivity contribution in [3.05, 3.63) is 53.8 Å². The van der Waals surface area contributed by atoms with Gasteiger partial charge in [0, 0.05) is 44.7 Å². The molecule has 0 unspecified atom stereocenters. The third kappa shape index (κ3) is 6.66. The second-order valence-electron chi connectivity index (χ2n) is 8.36. The number of fused-ring (bicyclic) bond motifs is 1. The van der Waals surface area contributed by atoms with Crippen molar-refractivity contribution in [1.82, 2.24) is 10.2 Å². The summed E-state index contributed by atoms with van der Waals surface area (Å²) in [6.45, 7) is 5.61. The molecule has 0 spiro atoms. The van der Waals surface area contributed by atoms with Crippen LogP contribution < -0.4 is 20.7 Å². The minimum atomic E-state index is -0.554. The molecule has 3 atom stereocenters. The number of rotatable bonds is 3. The fourth-order valence-electron chi connectivity index (χ4n) is 3.60. The highest BCUT2D eigenvalue weighted by atomic mass is 19.1. The van der Waals surface area contributed by atoms with Crippen LogP contribution in [0, 0.1) is 11.7 Å². The van der Waals surface area contributed by atoms with E-state index in [-0.39, 0.29) is 24.0 Å². The van der Waals surface area contributed by atoms with Gasteiger partial charge in [0.15, 0.2) is 0 Å². The van der Waals surface area contributed by atoms with E-state index in [1.807, 2.05) is 6.92 Å². The van der Waals surface area contributed by atoms with Gasteiger partial charge < -0.3 is 30.3 Å². The SMILES string of the molecule is CO[C@H]1CN(C)C(=O)c2cc(NC(=O)Nc3cccc(F)c3)ccc2OC[C@@H](C)NC[C@@H]1C. The molecule has 0 fully saturated rings. The number of methoxy groups -OCH3 is 1. The first kappa shape index (κ1) is 24.5. The third-order valence-electron chi connectivity index (χ3n) is 5.57. The Balaban J connectivity index is 1.82. The maximum Gasteiger partial charge on any atom is 0.323 e. The fourth-order valence-corrected chi connectivity index (χ4v) is 3.60. The van der Waals surface area contributed by atoms with Crippen molar-refractivity contribution in [1.29, 1.82) is 0 Å². The predicted octanol–water partition coefficient (Wildman–Crippen LogP) is 3.56. The number of halogens is 1. The molecule has 8 nitrogen and oxygen atoms in total. The lowest BCUT2D eigenvalue weighted by Gasteiger charge is -2.30. The van der Waals surface area contributed by atoms with Gasteiger partial charge in [0.2, 0.25) is 0 Å². The predicted molar refractivity (Wildman–Crippen MR) is 125 cm³/mol. The Bertz CT molecular complexity index is 987. The molecule has 2 aromatic rings. The molecule has 178 valence electrons. The van der Waals surface area contributed by atoms with Crippen molar-refractivity contribution < 1.29 is 23.5 Å². The van der Waals surface area contributed by atoms with Gasteiger partial charge in [0.25, 0.3) is 5.91 Å². The number of ether oxygens (including phenoxy) is 2. The van der Waals surface area contributed by atoms with E-state index in [2.05, 4.69) is 22.9 Å². The van der Waals surface area contributed by atoms with Gasteiger partial charge in [0.05, 0.1) is 11.7 Å². The highest BCUT2D eigenvalue weighted by Crippen LogP contribution is 2.26. The van der Waals surface area contributed by atoms with Gasteiger partial charge in [0.1, 0.15) is 18.2 Å². The zero-order valence-electron chi connectivity index (χ0n) is 19.4. The summed E-state index contributed by atoms with van der Waals surface area (Å²) in [6.07, 6.45) is -0.138. The minimum absolute atomic E-state index is 0.0694. The second-order valence-corrected chi connectivity index (χ2v) is 8.36. The van der Waals surface area contributed by atoms with Gasteiger partial charge in [-0.25, -0.2) is 9.18 Å². The van der Waals surface area contributed by atoms with Crippen LogP contribution >= 0.6 is 0 Å². The number of likely N-dealkylation sites (N-methyl/N-ethyl adjacent to an activating group) is 1. The molecular formula is C24H31FN4O4. The molecule has 0 radical (unpaired) electrons. The summed E-state index contributed by atoms with van der Waals surface area (Å²) in [5.41, 5.74) is 1.05. The number of anilines is 2. The van der Waals surface area contributed by atoms with E-state index in [0.717, 1.165) is 6.54 Å². The molecule has 2 aromatic carbocycles. The molecule has 3 N–H and O–H groups in total. The average Bonchev–Trinajstić information content (AvgIpc) is 2.78. The van der Waals surface area contributed by atoms with Gasteiger partial charge in [-0.15, -0.1) is 0 Å². The smallest absolute Gasteiger partial charge is 0.323 e. The van der Waals surface area contributed by atoms with E-state index in [1.165, 1.54) is 18.2 Å². The van der Waals surface area contributed by atoms with E-state index in [1.54, 1.807) is 43.3 Å². The summed E-state index contributed by atoms with van der Waals surface area (Å²) in [5, 5.41) is 8.69. The van der Waals surface area contributed by atoms with Crippen molar-refractivity contribution in [2.75, 3.05) is 44.5 Å². The van der Waals surface area contributed by atoms with Crippen LogP contribution in [0.2, 0.25) is 0 Å². The van der Waals surface area contributed by atoms with E-state index in [0.29, 0.717) is 35.8 Å². The highest BCUT2D eigenvalue weighted by molar-refractivity contribution is 6.02. The lowest BCUT2D eigenvalue weighted by molar-refractivity contribution is 0.0281. The van der Waals surface area contributed by atoms with E-state index in [4.69, 9.17) is 9.47 Å². The lowest BCUT2D eigenvalue weighted by Crippen LogP contribution is -2.44. The van der Waals surface area contributed by atoms with Gasteiger partial charge in [-0.05, 0) is 49.2 Å². The number of nitrogens with zero attached hydrogens (tertiary/aromatic N) is 1. The Hall–Kier alpha value is -3.17. The zero-order chi connectivity index (χ0) is 24.0. The van der Waals surface area contributed by atoms with Gasteiger partial charge in [-0.3, -0.25) is 4.79 Å². The average molecular weight is 459 g/mol. The summed E-state index contributed by atoms with van der Waals surface area (Å²) in [6, 6.07) is 10.00. The standard InChI is InChI=1S/C24H31FN4O4/c1-15-12-26-16(2)14-33-21-9-8-19(11-20(21)23(30)29(3)13-22(15)32-4)28-24(31)27-18-7-5-6-17(25)10-18/h5-11,15-16,22,26H,12-14H2,1-4H3,(H2,27,28,31)/t15-,16+,22-/m0/s1. The van der Waals surface area contributed by atoms with Crippen molar-refractivity contribution in [2.45, 2.75) is 26.0 Å². The Labute approximate surface area is 193 Å². The molecule has 0 bridgehead atoms. The van der Waals surface area contributed by atoms with Crippen molar-refractivity contribution in [3.63, 3.8) is 0 Å². The van der Waals surface area contributed by atoms with Crippen LogP contribution in [0.1, 0.15) is 24.2 Å². The molecule has 1 aliphatic rings. The van der Waals surface area contributed by atoms with Crippen LogP contribution in [0.4, 0.5) is 20.6 Å². The van der Waals surface area contributed by atoms with Crippen molar-refractivity contribution in [3.8, 4) is 5.75 Å². The highest BCUT2D eigenvalue weighted by Gasteiger charge is 2.25. The Morgan fingerprint density at radius 3 is 2.61 bits per heavy atom. The molecule has 9 heteroatoms. The number of amides is 3. The first-order valence-electron chi connectivity index (χ1n) is 10.9. The molecule has 0 saturated heterocycles. The molecule has 0 aliphatic carbocycles. The normalized spacial score (nSPS) is 21.8. The summed E-state index contributed by atoms with van der Waals surface area (Å²) >= 11 is 0. The molecule has 0 aromatic heterocycles. The largest absolute Gasteiger partial charge is 0.491 e. The number of carbonyl (C=O) groups is 2. The summed E-state index contributed by atoms with van der Waals surface area (Å²) < 4.78 is 24.9. The quantitative estimate of drug-likeness (QED) is 0.654. The number of hydrogen-bond acceptors (Lipinski definition) is 5. The van der Waals surface area contributed by atoms with Crippen LogP contribution in [-0.2, 0) is 4.74 Å². The monoisotopic (exact) mass is 458 g/mol. The van der Waals surface area contributed by atoms with Crippen LogP contribution in [0.25, 0.3) is 0 Å². The maximum absolute atomic E-state index is 13.4. The fraction of sp³-hybridized carbons (Fsp3) is 0.417. The topological polar surface area (TPSA) is 91.9 Å². The number of carbonyl (C=O) groups excluding carboxylic acids is 2. The molecule has 3 rings (SSSR count). The van der Waals surface area contributed by atoms with Crippen molar-refractivity contribution >= 4 is 23.3 Å². The van der Waals surface area contributed by atoms with Gasteiger partial charge in [-0.1, -0.05) is 13.0 Å². The van der Waals surface area contributed by atoms with E-state index < -0.39 is 11.8 Å². The number of urea groups is 1. The van der Waals surface area contributed by atoms with Crippen LogP contribution in [-0.4, -0.2) is 62.8 Å². The Morgan fingerprint density at radius 2 is 1.91 bits per heavy atom. The van der Waals surface area contributed by atoms with E-state index in [9.17, 15) is 14.0 Å². The molecule has 3 amide bonds. The first-order valence-corrected chi connectivity index (χ1v) is 10.9. The lowest BCUT2D eigenvalue weighted by atomic mass is 10.0. The number of hydrogen-bond donors (Lipinski definition) is 3. The summed E-state index contributed by atoms with van der Waals surface area (Å²) in [5.74, 6) is -0.0781. The van der Waals surface area contributed by atoms with Gasteiger partial charge >= 0.3 is 6.03 Å². The van der Waals surface area contributed by atoms with Crippen LogP contribution in [0.15, 0.2) is 42.5 Å². The van der Waals surface area contributed by atoms with Crippen molar-refractivity contribution in [2.24, 2.45) is 5.92 Å². The van der Waals surface area contributed by atoms with E-state index >= 15 is 0 Å². The Kier molecular flexibility index (Phi) is 8.24. The third-order valence-corrected chi connectivity index (χ3v) is 5.57. The Morgan fingerprint density at radius 1 is 1.18 bits per heavy atom. The van der Waals surface area contributed by atoms with Crippen LogP contribution in [0.3, 0.4) is 0 Å².